The van der Waals surface area contributed by atoms with Crippen molar-refractivity contribution in [2.75, 3.05) is 20.4 Å². The van der Waals surface area contributed by atoms with Gasteiger partial charge in [-0.3, -0.25) is 20.1 Å². The van der Waals surface area contributed by atoms with Crippen molar-refractivity contribution in [3.8, 4) is 17.2 Å². The fourth-order valence-corrected chi connectivity index (χ4v) is 5.53. The molecule has 0 fully saturated rings. The highest BCUT2D eigenvalue weighted by Gasteiger charge is 2.37. The van der Waals surface area contributed by atoms with Crippen LogP contribution in [-0.4, -0.2) is 61.3 Å². The third-order valence-electron chi connectivity index (χ3n) is 6.16. The summed E-state index contributed by atoms with van der Waals surface area (Å²) in [6.45, 7) is -1.21. The quantitative estimate of drug-likeness (QED) is 0.156. The molecule has 0 radical (unpaired) electrons. The number of hydrogen-bond donors (Lipinski definition) is 3. The van der Waals surface area contributed by atoms with Gasteiger partial charge in [0.05, 0.1) is 16.9 Å². The molecule has 4 rings (SSSR count). The molecule has 3 aromatic carbocycles. The van der Waals surface area contributed by atoms with E-state index < -0.39 is 39.5 Å². The second-order valence-corrected chi connectivity index (χ2v) is 10.7. The molecule has 0 saturated carbocycles. The fourth-order valence-electron chi connectivity index (χ4n) is 3.96. The number of hydrogen-bond acceptors (Lipinski definition) is 11. The van der Waals surface area contributed by atoms with Crippen LogP contribution in [0.15, 0.2) is 71.6 Å². The van der Waals surface area contributed by atoms with Gasteiger partial charge in [-0.1, -0.05) is 6.07 Å². The Hall–Kier alpha value is -4.93. The Labute approximate surface area is 239 Å². The second kappa shape index (κ2) is 13.2. The average Bonchev–Trinajstić information content (AvgIpc) is 3.47. The van der Waals surface area contributed by atoms with Crippen molar-refractivity contribution in [3.63, 3.8) is 0 Å². The van der Waals surface area contributed by atoms with E-state index in [9.17, 15) is 33.3 Å². The Bertz CT molecular complexity index is 1550. The summed E-state index contributed by atoms with van der Waals surface area (Å²) in [5.74, 6) is 0.123. The van der Waals surface area contributed by atoms with Gasteiger partial charge >= 0.3 is 6.09 Å². The zero-order valence-corrected chi connectivity index (χ0v) is 22.9. The number of nitro groups is 1. The second-order valence-electron chi connectivity index (χ2n) is 8.79. The first kappa shape index (κ1) is 30.0. The van der Waals surface area contributed by atoms with Crippen molar-refractivity contribution in [1.29, 1.82) is 0 Å². The SMILES string of the molecule is COc1ccc(S(=O)(=O)N(Cc2ccc3c(c2)OCO3)[C@H](CNC(=O)OCc2ccc([N+](=O)[O-])cc2)C(=O)NO)cc1. The van der Waals surface area contributed by atoms with Crippen LogP contribution < -0.4 is 25.0 Å². The largest absolute Gasteiger partial charge is 0.497 e. The standard InChI is InChI=1S/C26H26N4O11S/c1-38-20-7-9-21(10-8-20)42(36,37)29(14-18-4-11-23-24(12-18)41-16-40-23)22(25(31)28-33)13-27-26(32)39-15-17-2-5-19(6-3-17)30(34)35/h2-12,22,33H,13-16H2,1H3,(H,27,32)(H,28,31)/t22-/m1/s1. The molecule has 222 valence electrons. The lowest BCUT2D eigenvalue weighted by atomic mass is 10.2. The highest BCUT2D eigenvalue weighted by atomic mass is 32.2. The number of rotatable bonds is 12. The maximum absolute atomic E-state index is 13.8. The number of alkyl carbamates (subject to hydrolysis) is 1. The molecule has 15 nitrogen and oxygen atoms in total. The van der Waals surface area contributed by atoms with Crippen LogP contribution in [0.5, 0.6) is 17.2 Å². The molecule has 16 heteroatoms. The number of hydroxylamine groups is 1. The van der Waals surface area contributed by atoms with Crippen LogP contribution in [0.2, 0.25) is 0 Å². The van der Waals surface area contributed by atoms with Crippen LogP contribution in [-0.2, 0) is 32.7 Å². The number of carbonyl (C=O) groups excluding carboxylic acids is 2. The Morgan fingerprint density at radius 3 is 2.36 bits per heavy atom. The molecule has 1 aliphatic rings. The smallest absolute Gasteiger partial charge is 0.407 e. The topological polar surface area (TPSA) is 196 Å². The highest BCUT2D eigenvalue weighted by molar-refractivity contribution is 7.89. The number of nitrogens with one attached hydrogen (secondary N) is 2. The predicted octanol–water partition coefficient (Wildman–Crippen LogP) is 2.32. The molecule has 1 atom stereocenters. The highest BCUT2D eigenvalue weighted by Crippen LogP contribution is 2.33. The van der Waals surface area contributed by atoms with E-state index >= 15 is 0 Å². The van der Waals surface area contributed by atoms with Crippen molar-refractivity contribution >= 4 is 27.7 Å². The van der Waals surface area contributed by atoms with E-state index in [0.717, 1.165) is 4.31 Å². The maximum Gasteiger partial charge on any atom is 0.407 e. The minimum atomic E-state index is -4.42. The molecule has 0 spiro atoms. The van der Waals surface area contributed by atoms with Gasteiger partial charge in [0.25, 0.3) is 11.6 Å². The molecule has 3 N–H and O–H groups in total. The lowest BCUT2D eigenvalue weighted by Gasteiger charge is -2.29. The van der Waals surface area contributed by atoms with Crippen molar-refractivity contribution in [2.45, 2.75) is 24.1 Å². The molecule has 0 unspecified atom stereocenters. The van der Waals surface area contributed by atoms with Crippen LogP contribution >= 0.6 is 0 Å². The fraction of sp³-hybridized carbons (Fsp3) is 0.231. The van der Waals surface area contributed by atoms with Crippen molar-refractivity contribution in [2.24, 2.45) is 0 Å². The normalized spacial score (nSPS) is 12.8. The van der Waals surface area contributed by atoms with Crippen LogP contribution in [0.1, 0.15) is 11.1 Å². The van der Waals surface area contributed by atoms with Gasteiger partial charge in [-0.05, 0) is 59.7 Å². The lowest BCUT2D eigenvalue weighted by Crippen LogP contribution is -2.53. The van der Waals surface area contributed by atoms with E-state index in [1.54, 1.807) is 18.2 Å². The number of nitrogens with zero attached hydrogens (tertiary/aromatic N) is 2. The summed E-state index contributed by atoms with van der Waals surface area (Å²) in [6, 6.07) is 13.8. The van der Waals surface area contributed by atoms with Gasteiger partial charge in [-0.2, -0.15) is 4.31 Å². The number of amides is 2. The van der Waals surface area contributed by atoms with E-state index in [-0.39, 0.29) is 30.5 Å². The van der Waals surface area contributed by atoms with E-state index in [4.69, 9.17) is 18.9 Å². The molecule has 1 heterocycles. The van der Waals surface area contributed by atoms with Gasteiger partial charge in [0.15, 0.2) is 11.5 Å². The van der Waals surface area contributed by atoms with Crippen molar-refractivity contribution in [3.05, 3.63) is 88.0 Å². The number of methoxy groups -OCH3 is 1. The first-order valence-electron chi connectivity index (χ1n) is 12.2. The monoisotopic (exact) mass is 602 g/mol. The van der Waals surface area contributed by atoms with E-state index in [1.165, 1.54) is 61.1 Å². The molecule has 0 aromatic heterocycles. The summed E-state index contributed by atoms with van der Waals surface area (Å²) in [4.78, 5) is 35.3. The summed E-state index contributed by atoms with van der Waals surface area (Å²) in [7, 11) is -3.00. The van der Waals surface area contributed by atoms with E-state index in [1.807, 2.05) is 0 Å². The molecule has 42 heavy (non-hydrogen) atoms. The number of benzene rings is 3. The van der Waals surface area contributed by atoms with Crippen LogP contribution in [0.25, 0.3) is 0 Å². The minimum absolute atomic E-state index is 0.00586. The first-order valence-corrected chi connectivity index (χ1v) is 13.7. The molecule has 3 aromatic rings. The van der Waals surface area contributed by atoms with E-state index in [0.29, 0.717) is 28.4 Å². The summed E-state index contributed by atoms with van der Waals surface area (Å²) in [5.41, 5.74) is 2.19. The summed E-state index contributed by atoms with van der Waals surface area (Å²) in [6.07, 6.45) is -1.01. The van der Waals surface area contributed by atoms with Crippen molar-refractivity contribution in [1.82, 2.24) is 15.1 Å². The van der Waals surface area contributed by atoms with Gasteiger partial charge in [-0.15, -0.1) is 0 Å². The number of carbonyl (C=O) groups is 2. The van der Waals surface area contributed by atoms with Gasteiger partial charge in [0.1, 0.15) is 18.4 Å². The van der Waals surface area contributed by atoms with Gasteiger partial charge < -0.3 is 24.3 Å². The zero-order valence-electron chi connectivity index (χ0n) is 22.1. The third kappa shape index (κ3) is 7.03. The number of ether oxygens (including phenoxy) is 4. The average molecular weight is 603 g/mol. The van der Waals surface area contributed by atoms with Crippen LogP contribution in [0.3, 0.4) is 0 Å². The number of nitro benzene ring substituents is 1. The molecule has 1 aliphatic heterocycles. The van der Waals surface area contributed by atoms with Crippen LogP contribution in [0, 0.1) is 10.1 Å². The predicted molar refractivity (Wildman–Crippen MR) is 143 cm³/mol. The minimum Gasteiger partial charge on any atom is -0.497 e. The maximum atomic E-state index is 13.8. The molecule has 2 amide bonds. The molecule has 0 aliphatic carbocycles. The summed E-state index contributed by atoms with van der Waals surface area (Å²) >= 11 is 0. The Morgan fingerprint density at radius 1 is 1.05 bits per heavy atom. The van der Waals surface area contributed by atoms with Crippen LogP contribution in [0.4, 0.5) is 10.5 Å². The van der Waals surface area contributed by atoms with Crippen molar-refractivity contribution < 1.29 is 47.1 Å². The number of sulfonamides is 1. The van der Waals surface area contributed by atoms with Gasteiger partial charge in [0.2, 0.25) is 16.8 Å². The molecule has 0 saturated heterocycles. The Kier molecular flexibility index (Phi) is 9.41. The van der Waals surface area contributed by atoms with Gasteiger partial charge in [-0.25, -0.2) is 18.7 Å². The summed E-state index contributed by atoms with van der Waals surface area (Å²) in [5, 5.41) is 22.6. The Balaban J connectivity index is 1.56. The van der Waals surface area contributed by atoms with Gasteiger partial charge in [0, 0.05) is 25.2 Å². The molecular formula is C26H26N4O11S. The first-order chi connectivity index (χ1) is 20.1. The Morgan fingerprint density at radius 2 is 1.71 bits per heavy atom. The van der Waals surface area contributed by atoms with E-state index in [2.05, 4.69) is 5.32 Å². The zero-order chi connectivity index (χ0) is 30.3. The summed E-state index contributed by atoms with van der Waals surface area (Å²) < 4.78 is 49.4. The molecular weight excluding hydrogens is 576 g/mol. The lowest BCUT2D eigenvalue weighted by molar-refractivity contribution is -0.384. The molecule has 0 bridgehead atoms. The number of non-ortho nitro benzene ring substituents is 1. The third-order valence-corrected chi connectivity index (χ3v) is 8.03. The number of fused-ring (bicyclic) bond motifs is 1.